The molecule has 1 aliphatic rings. The van der Waals surface area contributed by atoms with Crippen LogP contribution >= 0.6 is 0 Å². The van der Waals surface area contributed by atoms with Crippen molar-refractivity contribution in [3.8, 4) is 0 Å². The Labute approximate surface area is 98.6 Å². The summed E-state index contributed by atoms with van der Waals surface area (Å²) in [4.78, 5) is 31.2. The molecule has 0 aliphatic heterocycles. The fraction of sp³-hybridized carbons (Fsp3) is 0.455. The van der Waals surface area contributed by atoms with Crippen molar-refractivity contribution >= 4 is 11.8 Å². The zero-order valence-electron chi connectivity index (χ0n) is 9.78. The largest absolute Gasteiger partial charge is 0.368 e. The fourth-order valence-corrected chi connectivity index (χ4v) is 1.65. The van der Waals surface area contributed by atoms with Gasteiger partial charge in [0.2, 0.25) is 5.91 Å². The number of nitrogens with zero attached hydrogens (tertiary/aromatic N) is 2. The van der Waals surface area contributed by atoms with E-state index in [1.54, 1.807) is 13.8 Å². The highest BCUT2D eigenvalue weighted by Crippen LogP contribution is 2.35. The molecule has 1 fully saturated rings. The molecule has 1 aromatic heterocycles. The molecule has 2 amide bonds. The molecule has 1 heterocycles. The molecule has 6 heteroatoms. The second kappa shape index (κ2) is 3.80. The van der Waals surface area contributed by atoms with Gasteiger partial charge in [-0.3, -0.25) is 9.59 Å². The van der Waals surface area contributed by atoms with E-state index in [1.807, 2.05) is 0 Å². The summed E-state index contributed by atoms with van der Waals surface area (Å²) in [6.45, 7) is 3.48. The first kappa shape index (κ1) is 11.5. The van der Waals surface area contributed by atoms with Gasteiger partial charge in [-0.05, 0) is 26.7 Å². The molecule has 3 N–H and O–H groups in total. The minimum absolute atomic E-state index is 0.348. The lowest BCUT2D eigenvalue weighted by molar-refractivity contribution is -0.120. The van der Waals surface area contributed by atoms with Gasteiger partial charge >= 0.3 is 0 Å². The number of aryl methyl sites for hydroxylation is 2. The first-order chi connectivity index (χ1) is 7.94. The summed E-state index contributed by atoms with van der Waals surface area (Å²) in [5.41, 5.74) is 5.35. The van der Waals surface area contributed by atoms with Crippen molar-refractivity contribution in [2.24, 2.45) is 5.73 Å². The second-order valence-electron chi connectivity index (χ2n) is 4.32. The normalized spacial score (nSPS) is 16.4. The Bertz CT molecular complexity index is 494. The van der Waals surface area contributed by atoms with Gasteiger partial charge in [-0.2, -0.15) is 0 Å². The van der Waals surface area contributed by atoms with Crippen LogP contribution in [0.4, 0.5) is 0 Å². The van der Waals surface area contributed by atoms with Gasteiger partial charge in [0.15, 0.2) is 0 Å². The number of primary amides is 1. The highest BCUT2D eigenvalue weighted by atomic mass is 16.2. The van der Waals surface area contributed by atoms with E-state index >= 15 is 0 Å². The van der Waals surface area contributed by atoms with Crippen LogP contribution < -0.4 is 11.1 Å². The second-order valence-corrected chi connectivity index (χ2v) is 4.32. The van der Waals surface area contributed by atoms with Crippen LogP contribution in [0.1, 0.15) is 34.7 Å². The smallest absolute Gasteiger partial charge is 0.255 e. The van der Waals surface area contributed by atoms with Crippen LogP contribution in [0.25, 0.3) is 0 Å². The van der Waals surface area contributed by atoms with Gasteiger partial charge in [-0.15, -0.1) is 0 Å². The van der Waals surface area contributed by atoms with Gasteiger partial charge in [-0.1, -0.05) is 0 Å². The Morgan fingerprint density at radius 3 is 2.53 bits per heavy atom. The Morgan fingerprint density at radius 1 is 1.41 bits per heavy atom. The van der Waals surface area contributed by atoms with Gasteiger partial charge < -0.3 is 11.1 Å². The van der Waals surface area contributed by atoms with Crippen molar-refractivity contribution in [2.45, 2.75) is 32.2 Å². The SMILES string of the molecule is Cc1ncc(C(=O)NC2(C(N)=O)CC2)c(C)n1. The maximum atomic E-state index is 11.9. The number of amides is 2. The number of aromatic nitrogens is 2. The summed E-state index contributed by atoms with van der Waals surface area (Å²) in [6.07, 6.45) is 2.66. The molecule has 17 heavy (non-hydrogen) atoms. The summed E-state index contributed by atoms with van der Waals surface area (Å²) in [6, 6.07) is 0. The van der Waals surface area contributed by atoms with E-state index in [4.69, 9.17) is 5.73 Å². The van der Waals surface area contributed by atoms with Crippen LogP contribution in [-0.2, 0) is 4.79 Å². The van der Waals surface area contributed by atoms with Crippen LogP contribution in [0.2, 0.25) is 0 Å². The molecule has 2 rings (SSSR count). The molecule has 0 spiro atoms. The van der Waals surface area contributed by atoms with Crippen LogP contribution in [0, 0.1) is 13.8 Å². The average Bonchev–Trinajstić information content (AvgIpc) is 2.98. The third-order valence-electron chi connectivity index (χ3n) is 2.92. The fourth-order valence-electron chi connectivity index (χ4n) is 1.65. The molecule has 1 saturated carbocycles. The molecule has 0 bridgehead atoms. The van der Waals surface area contributed by atoms with Gasteiger partial charge in [-0.25, -0.2) is 9.97 Å². The Morgan fingerprint density at radius 2 is 2.06 bits per heavy atom. The van der Waals surface area contributed by atoms with E-state index in [2.05, 4.69) is 15.3 Å². The lowest BCUT2D eigenvalue weighted by Gasteiger charge is -2.14. The third-order valence-corrected chi connectivity index (χ3v) is 2.92. The minimum Gasteiger partial charge on any atom is -0.368 e. The van der Waals surface area contributed by atoms with Crippen molar-refractivity contribution in [2.75, 3.05) is 0 Å². The van der Waals surface area contributed by atoms with Crippen LogP contribution in [-0.4, -0.2) is 27.3 Å². The lowest BCUT2D eigenvalue weighted by atomic mass is 10.2. The van der Waals surface area contributed by atoms with Crippen molar-refractivity contribution in [1.82, 2.24) is 15.3 Å². The molecule has 0 saturated heterocycles. The van der Waals surface area contributed by atoms with E-state index in [-0.39, 0.29) is 5.91 Å². The molecule has 0 atom stereocenters. The molecule has 0 aromatic carbocycles. The number of carbonyl (C=O) groups is 2. The molecular formula is C11H14N4O2. The monoisotopic (exact) mass is 234 g/mol. The Kier molecular flexibility index (Phi) is 2.57. The first-order valence-corrected chi connectivity index (χ1v) is 5.37. The standard InChI is InChI=1S/C11H14N4O2/c1-6-8(5-13-7(2)14-6)9(16)15-11(3-4-11)10(12)17/h5H,3-4H2,1-2H3,(H2,12,17)(H,15,16). The van der Waals surface area contributed by atoms with E-state index < -0.39 is 11.4 Å². The Hall–Kier alpha value is -1.98. The number of carbonyl (C=O) groups excluding carboxylic acids is 2. The van der Waals surface area contributed by atoms with Gasteiger partial charge in [0, 0.05) is 6.20 Å². The van der Waals surface area contributed by atoms with Gasteiger partial charge in [0.25, 0.3) is 5.91 Å². The van der Waals surface area contributed by atoms with Crippen LogP contribution in [0.3, 0.4) is 0 Å². The van der Waals surface area contributed by atoms with Crippen LogP contribution in [0.5, 0.6) is 0 Å². The molecule has 0 radical (unpaired) electrons. The topological polar surface area (TPSA) is 98.0 Å². The maximum Gasteiger partial charge on any atom is 0.255 e. The van der Waals surface area contributed by atoms with Gasteiger partial charge in [0.05, 0.1) is 11.3 Å². The number of nitrogens with one attached hydrogen (secondary N) is 1. The number of nitrogens with two attached hydrogens (primary N) is 1. The zero-order chi connectivity index (χ0) is 12.6. The van der Waals surface area contributed by atoms with Crippen LogP contribution in [0.15, 0.2) is 6.20 Å². The van der Waals surface area contributed by atoms with Crippen molar-refractivity contribution in [3.63, 3.8) is 0 Å². The summed E-state index contributed by atoms with van der Waals surface area (Å²) >= 11 is 0. The van der Waals surface area contributed by atoms with E-state index in [1.165, 1.54) is 6.20 Å². The molecule has 90 valence electrons. The number of hydrogen-bond acceptors (Lipinski definition) is 4. The molecule has 1 aromatic rings. The van der Waals surface area contributed by atoms with E-state index in [9.17, 15) is 9.59 Å². The molecule has 1 aliphatic carbocycles. The average molecular weight is 234 g/mol. The summed E-state index contributed by atoms with van der Waals surface area (Å²) in [7, 11) is 0. The predicted octanol–water partition coefficient (Wildman–Crippen LogP) is -0.159. The van der Waals surface area contributed by atoms with Crippen molar-refractivity contribution in [3.05, 3.63) is 23.3 Å². The zero-order valence-corrected chi connectivity index (χ0v) is 9.78. The predicted molar refractivity (Wildman–Crippen MR) is 60.1 cm³/mol. The molecular weight excluding hydrogens is 220 g/mol. The lowest BCUT2D eigenvalue weighted by Crippen LogP contribution is -2.47. The molecule has 6 nitrogen and oxygen atoms in total. The Balaban J connectivity index is 2.18. The van der Waals surface area contributed by atoms with E-state index in [0.29, 0.717) is 29.9 Å². The molecule has 0 unspecified atom stereocenters. The summed E-state index contributed by atoms with van der Waals surface area (Å²) < 4.78 is 0. The van der Waals surface area contributed by atoms with Crippen molar-refractivity contribution in [1.29, 1.82) is 0 Å². The highest BCUT2D eigenvalue weighted by Gasteiger charge is 2.50. The van der Waals surface area contributed by atoms with Gasteiger partial charge in [0.1, 0.15) is 11.4 Å². The highest BCUT2D eigenvalue weighted by molar-refractivity contribution is 6.00. The van der Waals surface area contributed by atoms with Crippen molar-refractivity contribution < 1.29 is 9.59 Å². The quantitative estimate of drug-likeness (QED) is 0.759. The van der Waals surface area contributed by atoms with E-state index in [0.717, 1.165) is 0 Å². The minimum atomic E-state index is -0.853. The third kappa shape index (κ3) is 2.11. The summed E-state index contributed by atoms with van der Waals surface area (Å²) in [5.74, 6) is -0.231. The first-order valence-electron chi connectivity index (χ1n) is 5.37. The maximum absolute atomic E-state index is 11.9. The number of hydrogen-bond donors (Lipinski definition) is 2. The summed E-state index contributed by atoms with van der Waals surface area (Å²) in [5, 5.41) is 2.65. The number of rotatable bonds is 3.